The van der Waals surface area contributed by atoms with Gasteiger partial charge in [-0.2, -0.15) is 0 Å². The number of hydrogen-bond donors (Lipinski definition) is 2. The van der Waals surface area contributed by atoms with Gasteiger partial charge < -0.3 is 10.5 Å². The van der Waals surface area contributed by atoms with Gasteiger partial charge in [-0.1, -0.05) is 183 Å². The molecule has 2 N–H and O–H groups in total. The monoisotopic (exact) mass is 905 g/mol. The minimum atomic E-state index is -0.826. The van der Waals surface area contributed by atoms with E-state index in [2.05, 4.69) is 208 Å². The SMILES string of the molecule is CCC(C)c1ccccc1-c1cccc2[cH-]c(-c3ccccc3)cc12.CCC(C)c1ccccc1-c1cccc2[cH-]c(-c3ccccc3)cc12.O=CN[B]NC=O.[Cl][Zr+2][Cl]. The van der Waals surface area contributed by atoms with E-state index in [0.29, 0.717) is 24.7 Å². The molecule has 0 aliphatic heterocycles. The zero-order valence-corrected chi connectivity index (χ0v) is 38.5. The van der Waals surface area contributed by atoms with Crippen LogP contribution in [0.25, 0.3) is 66.1 Å². The summed E-state index contributed by atoms with van der Waals surface area (Å²) in [7, 11) is 11.0. The Balaban J connectivity index is 0.000000186. The third-order valence-corrected chi connectivity index (χ3v) is 10.8. The van der Waals surface area contributed by atoms with Crippen molar-refractivity contribution >= 4 is 58.9 Å². The minimum absolute atomic E-state index is 0.455. The van der Waals surface area contributed by atoms with E-state index in [1.54, 1.807) is 0 Å². The molecule has 8 aromatic carbocycles. The van der Waals surface area contributed by atoms with Crippen molar-refractivity contribution < 1.29 is 30.4 Å². The van der Waals surface area contributed by atoms with Crippen LogP contribution in [-0.2, 0) is 30.4 Å². The fraction of sp³-hybridized carbons (Fsp3) is 0.154. The molecule has 0 saturated carbocycles. The van der Waals surface area contributed by atoms with Gasteiger partial charge in [0.05, 0.1) is 0 Å². The second-order valence-electron chi connectivity index (χ2n) is 14.4. The topological polar surface area (TPSA) is 58.2 Å². The van der Waals surface area contributed by atoms with E-state index in [1.807, 2.05) is 0 Å². The normalized spacial score (nSPS) is 11.2. The second kappa shape index (κ2) is 24.3. The standard InChI is InChI=1S/2C25H23.C2H4BN2O2.2ClH.Zr/c2*1-3-18(2)22-13-7-8-14-23(22)24-15-9-12-20-16-21(17-25(20)24)19-10-5-4-6-11-19;6-1-4-3-5-2-7;;;/h2*4-18H,3H2,1-2H3;1-2H,(H,4,6)(H,5,7);2*1H;/q2*-1;;;;+4/p-2. The predicted octanol–water partition coefficient (Wildman–Crippen LogP) is 14.2. The van der Waals surface area contributed by atoms with E-state index in [1.165, 1.54) is 77.2 Å². The van der Waals surface area contributed by atoms with Crippen LogP contribution in [0.3, 0.4) is 0 Å². The van der Waals surface area contributed by atoms with Crippen LogP contribution in [0.4, 0.5) is 0 Å². The number of benzene rings is 6. The summed E-state index contributed by atoms with van der Waals surface area (Å²) in [4.78, 5) is 18.8. The van der Waals surface area contributed by atoms with Gasteiger partial charge in [-0.25, -0.2) is 0 Å². The summed E-state index contributed by atoms with van der Waals surface area (Å²) in [6.45, 7) is 9.16. The molecule has 2 atom stereocenters. The fourth-order valence-corrected chi connectivity index (χ4v) is 7.43. The van der Waals surface area contributed by atoms with Crippen LogP contribution in [0.1, 0.15) is 63.5 Å². The van der Waals surface area contributed by atoms with Crippen molar-refractivity contribution in [3.8, 4) is 44.5 Å². The average molecular weight is 908 g/mol. The maximum atomic E-state index is 9.38. The molecule has 60 heavy (non-hydrogen) atoms. The zero-order valence-electron chi connectivity index (χ0n) is 34.5. The van der Waals surface area contributed by atoms with Gasteiger partial charge in [0, 0.05) is 0 Å². The molecule has 0 aliphatic rings. The molecule has 2 unspecified atom stereocenters. The summed E-state index contributed by atoms with van der Waals surface area (Å²) >= 11 is -0.826. The third-order valence-electron chi connectivity index (χ3n) is 10.8. The van der Waals surface area contributed by atoms with Gasteiger partial charge in [0.25, 0.3) is 0 Å². The first-order valence-corrected chi connectivity index (χ1v) is 26.6. The molecule has 0 saturated heterocycles. The molecule has 0 fully saturated rings. The summed E-state index contributed by atoms with van der Waals surface area (Å²) in [6.07, 6.45) is 3.22. The van der Waals surface area contributed by atoms with Crippen molar-refractivity contribution in [3.05, 3.63) is 181 Å². The summed E-state index contributed by atoms with van der Waals surface area (Å²) in [5.74, 6) is 1.13. The van der Waals surface area contributed by atoms with Gasteiger partial charge in [0.2, 0.25) is 0 Å². The number of carbonyl (C=O) groups is 2. The number of fused-ring (bicyclic) bond motifs is 2. The average Bonchev–Trinajstić information content (AvgIpc) is 3.96. The molecule has 8 rings (SSSR count). The van der Waals surface area contributed by atoms with E-state index < -0.39 is 20.8 Å². The second-order valence-corrected chi connectivity index (χ2v) is 18.1. The maximum absolute atomic E-state index is 9.38. The Morgan fingerprint density at radius 1 is 0.533 bits per heavy atom. The van der Waals surface area contributed by atoms with E-state index in [9.17, 15) is 9.59 Å². The van der Waals surface area contributed by atoms with Gasteiger partial charge in [-0.3, -0.25) is 9.59 Å². The van der Waals surface area contributed by atoms with E-state index in [0.717, 1.165) is 20.4 Å². The van der Waals surface area contributed by atoms with Crippen molar-refractivity contribution in [2.45, 2.75) is 52.4 Å². The third kappa shape index (κ3) is 12.1. The summed E-state index contributed by atoms with van der Waals surface area (Å²) in [5, 5.41) is 9.52. The first-order chi connectivity index (χ1) is 29.4. The van der Waals surface area contributed by atoms with Gasteiger partial charge in [0.1, 0.15) is 0 Å². The Hall–Kier alpha value is -4.99. The van der Waals surface area contributed by atoms with Crippen molar-refractivity contribution in [1.82, 2.24) is 10.5 Å². The van der Waals surface area contributed by atoms with Crippen LogP contribution in [0.5, 0.6) is 0 Å². The molecule has 8 aromatic rings. The number of halogens is 2. The number of amides is 2. The van der Waals surface area contributed by atoms with Gasteiger partial charge in [-0.15, -0.1) is 69.1 Å². The quantitative estimate of drug-likeness (QED) is 0.0555. The first-order valence-electron chi connectivity index (χ1n) is 20.2. The summed E-state index contributed by atoms with van der Waals surface area (Å²) in [6, 6.07) is 61.6. The Bertz CT molecular complexity index is 2360. The number of carbonyl (C=O) groups excluding carboxylic acids is 2. The molecule has 8 heteroatoms. The predicted molar refractivity (Wildman–Crippen MR) is 254 cm³/mol. The fourth-order valence-electron chi connectivity index (χ4n) is 7.43. The molecule has 0 spiro atoms. The van der Waals surface area contributed by atoms with Crippen LogP contribution >= 0.6 is 17.0 Å². The van der Waals surface area contributed by atoms with Crippen LogP contribution in [0, 0.1) is 0 Å². The molecule has 0 heterocycles. The molecule has 1 radical (unpaired) electrons. The van der Waals surface area contributed by atoms with E-state index in [4.69, 9.17) is 17.0 Å². The molecule has 301 valence electrons. The molecular weight excluding hydrogens is 858 g/mol. The van der Waals surface area contributed by atoms with Crippen molar-refractivity contribution in [2.24, 2.45) is 0 Å². The van der Waals surface area contributed by atoms with Gasteiger partial charge in [0.15, 0.2) is 12.8 Å². The summed E-state index contributed by atoms with van der Waals surface area (Å²) in [5.41, 5.74) is 13.5. The molecule has 0 bridgehead atoms. The molecular formula is C52H50BCl2N2O2Zr. The van der Waals surface area contributed by atoms with Gasteiger partial charge in [-0.05, 0) is 46.9 Å². The Kier molecular flexibility index (Phi) is 18.7. The Labute approximate surface area is 375 Å². The number of rotatable bonds is 12. The van der Waals surface area contributed by atoms with Gasteiger partial charge >= 0.3 is 45.4 Å². The first kappa shape index (κ1) is 46.1. The molecule has 2 amide bonds. The molecule has 4 nitrogen and oxygen atoms in total. The van der Waals surface area contributed by atoms with Crippen molar-refractivity contribution in [2.75, 3.05) is 0 Å². The summed E-state index contributed by atoms with van der Waals surface area (Å²) < 4.78 is 0. The van der Waals surface area contributed by atoms with E-state index in [-0.39, 0.29) is 0 Å². The zero-order chi connectivity index (χ0) is 42.7. The van der Waals surface area contributed by atoms with Crippen molar-refractivity contribution in [3.63, 3.8) is 0 Å². The van der Waals surface area contributed by atoms with Crippen LogP contribution in [-0.4, -0.2) is 20.4 Å². The van der Waals surface area contributed by atoms with Crippen LogP contribution < -0.4 is 10.5 Å². The van der Waals surface area contributed by atoms with Crippen LogP contribution in [0.15, 0.2) is 170 Å². The number of nitrogens with one attached hydrogen (secondary N) is 2. The van der Waals surface area contributed by atoms with E-state index >= 15 is 0 Å². The Morgan fingerprint density at radius 3 is 1.25 bits per heavy atom. The Morgan fingerprint density at radius 2 is 0.883 bits per heavy atom. The van der Waals surface area contributed by atoms with Crippen molar-refractivity contribution in [1.29, 1.82) is 0 Å². The van der Waals surface area contributed by atoms with Crippen LogP contribution in [0.2, 0.25) is 0 Å². The number of hydrogen-bond acceptors (Lipinski definition) is 2. The molecule has 0 aliphatic carbocycles. The molecule has 0 aromatic heterocycles.